The molecule has 8 heavy (non-hydrogen) atoms. The Morgan fingerprint density at radius 3 is 2.62 bits per heavy atom. The summed E-state index contributed by atoms with van der Waals surface area (Å²) < 4.78 is 4.41. The molecule has 1 heterocycles. The summed E-state index contributed by atoms with van der Waals surface area (Å²) in [5.74, 6) is -0.102. The molecule has 0 fully saturated rings. The van der Waals surface area contributed by atoms with Crippen LogP contribution in [0.5, 0.6) is 0 Å². The predicted octanol–water partition coefficient (Wildman–Crippen LogP) is 0.535. The molecule has 0 aromatic carbocycles. The van der Waals surface area contributed by atoms with Crippen LogP contribution in [0.4, 0.5) is 0 Å². The Balaban J connectivity index is 3.00. The van der Waals surface area contributed by atoms with Crippen molar-refractivity contribution in [1.29, 1.82) is 0 Å². The molecule has 1 rings (SSSR count). The number of carbonyl (C=O) groups excluding carboxylic acids is 1. The van der Waals surface area contributed by atoms with Crippen LogP contribution in [-0.2, 0) is 0 Å². The molecule has 0 amide bonds. The lowest BCUT2D eigenvalue weighted by Gasteiger charge is -1.67. The van der Waals surface area contributed by atoms with Gasteiger partial charge >= 0.3 is 5.35 Å². The van der Waals surface area contributed by atoms with E-state index in [1.807, 2.05) is 0 Å². The maximum absolute atomic E-state index is 9.76. The van der Waals surface area contributed by atoms with Crippen LogP contribution in [0.1, 0.15) is 10.7 Å². The van der Waals surface area contributed by atoms with E-state index in [4.69, 9.17) is 11.6 Å². The maximum Gasteiger partial charge on any atom is 0.313 e. The minimum Gasteiger partial charge on any atom is -0.405 e. The Bertz CT molecular complexity index is 197. The fourth-order valence-electron chi connectivity index (χ4n) is 0.263. The number of aldehydes is 1. The van der Waals surface area contributed by atoms with Gasteiger partial charge in [0.15, 0.2) is 0 Å². The number of nitrogens with zero attached hydrogens (tertiary/aromatic N) is 2. The number of hydrogen-bond donors (Lipinski definition) is 0. The molecular weight excluding hydrogens is 131 g/mol. The van der Waals surface area contributed by atoms with Crippen molar-refractivity contribution >= 4 is 17.9 Å². The lowest BCUT2D eigenvalue weighted by Crippen LogP contribution is -1.75. The van der Waals surface area contributed by atoms with Gasteiger partial charge < -0.3 is 4.42 Å². The summed E-state index contributed by atoms with van der Waals surface area (Å²) in [5, 5.41) is 6.30. The van der Waals surface area contributed by atoms with Gasteiger partial charge in [0.05, 0.1) is 0 Å². The Labute approximate surface area is 49.5 Å². The third-order valence-corrected chi connectivity index (χ3v) is 0.670. The van der Waals surface area contributed by atoms with Crippen molar-refractivity contribution < 1.29 is 9.21 Å². The third-order valence-electron chi connectivity index (χ3n) is 0.517. The number of rotatable bonds is 1. The van der Waals surface area contributed by atoms with E-state index in [1.165, 1.54) is 0 Å². The van der Waals surface area contributed by atoms with E-state index in [2.05, 4.69) is 14.6 Å². The summed E-state index contributed by atoms with van der Waals surface area (Å²) in [6.45, 7) is 0. The molecule has 0 N–H and O–H groups in total. The highest BCUT2D eigenvalue weighted by Gasteiger charge is 1.97. The number of carbonyl (C=O) groups is 1. The van der Waals surface area contributed by atoms with Crippen LogP contribution in [-0.4, -0.2) is 16.5 Å². The zero-order chi connectivity index (χ0) is 5.98. The molecule has 0 saturated carbocycles. The first-order valence-electron chi connectivity index (χ1n) is 1.77. The van der Waals surface area contributed by atoms with Gasteiger partial charge in [0.2, 0.25) is 6.29 Å². The topological polar surface area (TPSA) is 56.0 Å². The van der Waals surface area contributed by atoms with Crippen molar-refractivity contribution in [3.63, 3.8) is 0 Å². The van der Waals surface area contributed by atoms with Gasteiger partial charge in [0, 0.05) is 0 Å². The number of aromatic nitrogens is 2. The second-order valence-electron chi connectivity index (χ2n) is 1.01. The van der Waals surface area contributed by atoms with Crippen LogP contribution in [0.3, 0.4) is 0 Å². The van der Waals surface area contributed by atoms with Gasteiger partial charge in [0.25, 0.3) is 5.89 Å². The highest BCUT2D eigenvalue weighted by atomic mass is 35.5. The van der Waals surface area contributed by atoms with Crippen molar-refractivity contribution in [1.82, 2.24) is 10.2 Å². The Morgan fingerprint density at radius 2 is 2.38 bits per heavy atom. The molecule has 0 radical (unpaired) electrons. The van der Waals surface area contributed by atoms with E-state index in [0.29, 0.717) is 6.29 Å². The third kappa shape index (κ3) is 0.840. The summed E-state index contributed by atoms with van der Waals surface area (Å²) in [6.07, 6.45) is 0.429. The highest BCUT2D eigenvalue weighted by molar-refractivity contribution is 6.27. The number of hydrogen-bond acceptors (Lipinski definition) is 4. The molecule has 0 aliphatic rings. The Morgan fingerprint density at radius 1 is 1.62 bits per heavy atom. The van der Waals surface area contributed by atoms with Crippen LogP contribution in [0.25, 0.3) is 0 Å². The van der Waals surface area contributed by atoms with Crippen LogP contribution < -0.4 is 0 Å². The maximum atomic E-state index is 9.76. The average molecular weight is 133 g/mol. The minimum atomic E-state index is -0.118. The molecule has 0 aliphatic carbocycles. The smallest absolute Gasteiger partial charge is 0.313 e. The van der Waals surface area contributed by atoms with Crippen LogP contribution >= 0.6 is 11.6 Å². The molecule has 0 aliphatic heterocycles. The SMILES string of the molecule is O=Cc1nnc(Cl)o1. The highest BCUT2D eigenvalue weighted by Crippen LogP contribution is 2.01. The van der Waals surface area contributed by atoms with E-state index in [0.717, 1.165) is 0 Å². The first-order chi connectivity index (χ1) is 3.83. The fourth-order valence-corrected chi connectivity index (χ4v) is 0.380. The minimum absolute atomic E-state index is 0.102. The van der Waals surface area contributed by atoms with Crippen LogP contribution in [0, 0.1) is 0 Å². The molecule has 0 saturated heterocycles. The van der Waals surface area contributed by atoms with Gasteiger partial charge in [-0.15, -0.1) is 5.10 Å². The largest absolute Gasteiger partial charge is 0.405 e. The Hall–Kier alpha value is -0.900. The monoisotopic (exact) mass is 132 g/mol. The molecule has 1 aromatic rings. The van der Waals surface area contributed by atoms with Crippen LogP contribution in [0.2, 0.25) is 5.35 Å². The lowest BCUT2D eigenvalue weighted by atomic mass is 10.8. The van der Waals surface area contributed by atoms with Crippen LogP contribution in [0.15, 0.2) is 4.42 Å². The molecule has 4 nitrogen and oxygen atoms in total. The van der Waals surface area contributed by atoms with E-state index >= 15 is 0 Å². The molecule has 0 spiro atoms. The van der Waals surface area contributed by atoms with E-state index in [9.17, 15) is 4.79 Å². The predicted molar refractivity (Wildman–Crippen MR) is 24.7 cm³/mol. The van der Waals surface area contributed by atoms with Gasteiger partial charge in [-0.25, -0.2) is 0 Å². The second kappa shape index (κ2) is 1.92. The first kappa shape index (κ1) is 5.24. The summed E-state index contributed by atoms with van der Waals surface area (Å²) in [7, 11) is 0. The van der Waals surface area contributed by atoms with Gasteiger partial charge in [-0.2, -0.15) is 0 Å². The zero-order valence-corrected chi connectivity index (χ0v) is 4.42. The van der Waals surface area contributed by atoms with Crippen molar-refractivity contribution in [3.05, 3.63) is 11.2 Å². The summed E-state index contributed by atoms with van der Waals surface area (Å²) in [5.41, 5.74) is 0. The molecule has 0 atom stereocenters. The summed E-state index contributed by atoms with van der Waals surface area (Å²) >= 11 is 5.14. The molecule has 0 unspecified atom stereocenters. The lowest BCUT2D eigenvalue weighted by molar-refractivity contribution is 0.109. The molecule has 1 aromatic heterocycles. The van der Waals surface area contributed by atoms with Gasteiger partial charge in [-0.3, -0.25) is 4.79 Å². The van der Waals surface area contributed by atoms with Gasteiger partial charge in [0.1, 0.15) is 0 Å². The average Bonchev–Trinajstić information content (AvgIpc) is 2.14. The standard InChI is InChI=1S/C3HClN2O2/c4-3-6-5-2(1-7)8-3/h1H. The van der Waals surface area contributed by atoms with Crippen molar-refractivity contribution in [2.75, 3.05) is 0 Å². The van der Waals surface area contributed by atoms with Crippen molar-refractivity contribution in [3.8, 4) is 0 Å². The zero-order valence-electron chi connectivity index (χ0n) is 3.67. The quantitative estimate of drug-likeness (QED) is 0.523. The van der Waals surface area contributed by atoms with Crippen molar-refractivity contribution in [2.24, 2.45) is 0 Å². The van der Waals surface area contributed by atoms with E-state index in [-0.39, 0.29) is 11.2 Å². The van der Waals surface area contributed by atoms with Gasteiger partial charge in [-0.1, -0.05) is 5.10 Å². The first-order valence-corrected chi connectivity index (χ1v) is 2.15. The molecule has 42 valence electrons. The molecule has 0 bridgehead atoms. The van der Waals surface area contributed by atoms with E-state index in [1.54, 1.807) is 0 Å². The normalized spacial score (nSPS) is 9.12. The molecule has 5 heteroatoms. The van der Waals surface area contributed by atoms with E-state index < -0.39 is 0 Å². The Kier molecular flexibility index (Phi) is 1.26. The van der Waals surface area contributed by atoms with Crippen molar-refractivity contribution in [2.45, 2.75) is 0 Å². The fraction of sp³-hybridized carbons (Fsp3) is 0. The number of halogens is 1. The molecular formula is C3HClN2O2. The second-order valence-corrected chi connectivity index (χ2v) is 1.33. The summed E-state index contributed by atoms with van der Waals surface area (Å²) in [6, 6.07) is 0. The summed E-state index contributed by atoms with van der Waals surface area (Å²) in [4.78, 5) is 9.76. The van der Waals surface area contributed by atoms with Gasteiger partial charge in [-0.05, 0) is 11.6 Å².